The van der Waals surface area contributed by atoms with Crippen molar-refractivity contribution in [2.75, 3.05) is 0 Å². The summed E-state index contributed by atoms with van der Waals surface area (Å²) in [6, 6.07) is 15.3. The number of fused-ring (bicyclic) bond motifs is 2. The van der Waals surface area contributed by atoms with Gasteiger partial charge in [-0.2, -0.15) is 0 Å². The second-order valence-corrected chi connectivity index (χ2v) is 8.78. The number of aromatic nitrogens is 2. The normalized spacial score (nSPS) is 26.3. The summed E-state index contributed by atoms with van der Waals surface area (Å²) in [4.78, 5) is 28.1. The molecule has 5 atom stereocenters. The van der Waals surface area contributed by atoms with Crippen molar-refractivity contribution in [3.63, 3.8) is 0 Å². The van der Waals surface area contributed by atoms with E-state index in [1.807, 2.05) is 28.8 Å². The lowest BCUT2D eigenvalue weighted by atomic mass is 9.98. The number of H-pyrrole nitrogens is 1. The largest absolute Gasteiger partial charge is 0.349 e. The molecule has 1 unspecified atom stereocenters. The minimum Gasteiger partial charge on any atom is -0.349 e. The number of carbonyl (C=O) groups is 1. The predicted octanol–water partition coefficient (Wildman–Crippen LogP) is 4.39. The van der Waals surface area contributed by atoms with Gasteiger partial charge in [0, 0.05) is 22.7 Å². The number of nitrogens with one attached hydrogen (secondary N) is 2. The second-order valence-electron chi connectivity index (χ2n) is 8.34. The second kappa shape index (κ2) is 7.06. The zero-order valence-electron chi connectivity index (χ0n) is 16.3. The van der Waals surface area contributed by atoms with E-state index in [0.29, 0.717) is 28.3 Å². The van der Waals surface area contributed by atoms with Crippen LogP contribution in [0.2, 0.25) is 5.02 Å². The molecule has 2 aliphatic rings. The highest BCUT2D eigenvalue weighted by molar-refractivity contribution is 6.30. The Hall–Kier alpha value is -2.53. The van der Waals surface area contributed by atoms with Crippen molar-refractivity contribution in [1.29, 1.82) is 0 Å². The third-order valence-corrected chi connectivity index (χ3v) is 7.05. The molecular weight excluding hydrogens is 386 g/mol. The number of rotatable bonds is 5. The maximum atomic E-state index is 12.6. The molecule has 0 radical (unpaired) electrons. The molecular formula is C23H24ClN3O2. The molecule has 29 heavy (non-hydrogen) atoms. The zero-order valence-corrected chi connectivity index (χ0v) is 17.0. The third kappa shape index (κ3) is 3.18. The lowest BCUT2D eigenvalue weighted by Crippen LogP contribution is -2.37. The molecule has 5 nitrogen and oxygen atoms in total. The number of benzene rings is 2. The average Bonchev–Trinajstić information content (AvgIpc) is 3.06. The molecule has 1 aromatic heterocycles. The number of amides is 1. The Balaban J connectivity index is 1.27. The molecule has 2 N–H and O–H groups in total. The molecule has 1 heterocycles. The molecule has 0 aliphatic heterocycles. The Kier molecular flexibility index (Phi) is 4.50. The zero-order chi connectivity index (χ0) is 20.1. The van der Waals surface area contributed by atoms with Crippen LogP contribution >= 0.6 is 11.6 Å². The summed E-state index contributed by atoms with van der Waals surface area (Å²) in [6.07, 6.45) is 2.92. The highest BCUT2D eigenvalue weighted by Crippen LogP contribution is 2.62. The number of carbonyl (C=O) groups excluding carboxylic acids is 1. The van der Waals surface area contributed by atoms with E-state index in [1.54, 1.807) is 24.3 Å². The van der Waals surface area contributed by atoms with Crippen molar-refractivity contribution in [1.82, 2.24) is 14.9 Å². The summed E-state index contributed by atoms with van der Waals surface area (Å²) in [5, 5.41) is 3.86. The van der Waals surface area contributed by atoms with E-state index in [4.69, 9.17) is 11.6 Å². The Bertz CT molecular complexity index is 1110. The molecule has 2 aliphatic carbocycles. The Labute approximate surface area is 174 Å². The average molecular weight is 410 g/mol. The van der Waals surface area contributed by atoms with Crippen LogP contribution in [0.1, 0.15) is 42.6 Å². The van der Waals surface area contributed by atoms with Crippen LogP contribution in [0.3, 0.4) is 0 Å². The molecule has 0 saturated heterocycles. The fourth-order valence-corrected chi connectivity index (χ4v) is 5.56. The first-order valence-electron chi connectivity index (χ1n) is 10.3. The number of para-hydroxylation sites is 2. The molecule has 1 amide bonds. The molecule has 150 valence electrons. The van der Waals surface area contributed by atoms with E-state index in [9.17, 15) is 9.59 Å². The Morgan fingerprint density at radius 3 is 2.55 bits per heavy atom. The molecule has 0 spiro atoms. The SMILES string of the molecule is CCC(NC(=O)c1ccc(Cl)cc1)[C@H]1[C@@H]2C[C@@H](n3c(=O)[nH]c4ccccc43)C[C@@H]21. The topological polar surface area (TPSA) is 66.9 Å². The highest BCUT2D eigenvalue weighted by Gasteiger charge is 2.59. The van der Waals surface area contributed by atoms with Gasteiger partial charge < -0.3 is 10.3 Å². The summed E-state index contributed by atoms with van der Waals surface area (Å²) in [7, 11) is 0. The minimum atomic E-state index is -0.0390. The van der Waals surface area contributed by atoms with Crippen LogP contribution in [-0.4, -0.2) is 21.5 Å². The van der Waals surface area contributed by atoms with Crippen LogP contribution in [0.25, 0.3) is 11.0 Å². The molecule has 3 aromatic rings. The van der Waals surface area contributed by atoms with Crippen LogP contribution in [0.15, 0.2) is 53.3 Å². The van der Waals surface area contributed by atoms with Gasteiger partial charge in [0.1, 0.15) is 0 Å². The van der Waals surface area contributed by atoms with Crippen molar-refractivity contribution in [3.8, 4) is 0 Å². The summed E-state index contributed by atoms with van der Waals surface area (Å²) < 4.78 is 1.94. The molecule has 6 heteroatoms. The fourth-order valence-electron chi connectivity index (χ4n) is 5.43. The van der Waals surface area contributed by atoms with Gasteiger partial charge in [-0.1, -0.05) is 30.7 Å². The van der Waals surface area contributed by atoms with Gasteiger partial charge in [0.25, 0.3) is 5.91 Å². The van der Waals surface area contributed by atoms with Gasteiger partial charge in [0.05, 0.1) is 11.0 Å². The smallest absolute Gasteiger partial charge is 0.326 e. The van der Waals surface area contributed by atoms with E-state index in [0.717, 1.165) is 30.3 Å². The highest BCUT2D eigenvalue weighted by atomic mass is 35.5. The molecule has 2 fully saturated rings. The van der Waals surface area contributed by atoms with Gasteiger partial charge in [0.2, 0.25) is 0 Å². The number of imidazole rings is 1. The summed E-state index contributed by atoms with van der Waals surface area (Å²) in [5.74, 6) is 1.63. The van der Waals surface area contributed by atoms with E-state index in [2.05, 4.69) is 17.2 Å². The van der Waals surface area contributed by atoms with Gasteiger partial charge in [-0.3, -0.25) is 9.36 Å². The third-order valence-electron chi connectivity index (χ3n) is 6.80. The molecule has 0 bridgehead atoms. The summed E-state index contributed by atoms with van der Waals surface area (Å²) >= 11 is 5.92. The predicted molar refractivity (Wildman–Crippen MR) is 114 cm³/mol. The first-order chi connectivity index (χ1) is 14.1. The van der Waals surface area contributed by atoms with E-state index in [-0.39, 0.29) is 23.7 Å². The van der Waals surface area contributed by atoms with E-state index in [1.165, 1.54) is 0 Å². The first kappa shape index (κ1) is 18.5. The van der Waals surface area contributed by atoms with Crippen molar-refractivity contribution in [2.45, 2.75) is 38.3 Å². The number of halogens is 1. The minimum absolute atomic E-state index is 0.0165. The monoisotopic (exact) mass is 409 g/mol. The first-order valence-corrected chi connectivity index (χ1v) is 10.7. The number of nitrogens with zero attached hydrogens (tertiary/aromatic N) is 1. The maximum Gasteiger partial charge on any atom is 0.326 e. The maximum absolute atomic E-state index is 12.6. The van der Waals surface area contributed by atoms with Crippen molar-refractivity contribution >= 4 is 28.5 Å². The van der Waals surface area contributed by atoms with E-state index < -0.39 is 0 Å². The van der Waals surface area contributed by atoms with Gasteiger partial charge in [-0.05, 0) is 73.4 Å². The van der Waals surface area contributed by atoms with Crippen LogP contribution in [0.5, 0.6) is 0 Å². The van der Waals surface area contributed by atoms with Gasteiger partial charge in [-0.25, -0.2) is 4.79 Å². The lowest BCUT2D eigenvalue weighted by molar-refractivity contribution is 0.0927. The number of hydrogen-bond donors (Lipinski definition) is 2. The van der Waals surface area contributed by atoms with Crippen LogP contribution in [-0.2, 0) is 0 Å². The standard InChI is InChI=1S/C23H24ClN3O2/c1-2-18(25-22(28)13-7-9-14(24)10-8-13)21-16-11-15(12-17(16)21)27-20-6-4-3-5-19(20)26-23(27)29/h3-10,15-18,21H,2,11-12H2,1H3,(H,25,28)(H,26,29)/t15-,16-,17+,18?,21+. The van der Waals surface area contributed by atoms with Crippen molar-refractivity contribution < 1.29 is 4.79 Å². The lowest BCUT2D eigenvalue weighted by Gasteiger charge is -2.22. The van der Waals surface area contributed by atoms with Crippen molar-refractivity contribution in [3.05, 3.63) is 69.6 Å². The molecule has 2 aromatic carbocycles. The van der Waals surface area contributed by atoms with Crippen LogP contribution in [0, 0.1) is 17.8 Å². The molecule has 2 saturated carbocycles. The summed E-state index contributed by atoms with van der Waals surface area (Å²) in [5.41, 5.74) is 2.51. The quantitative estimate of drug-likeness (QED) is 0.656. The summed E-state index contributed by atoms with van der Waals surface area (Å²) in [6.45, 7) is 2.13. The fraction of sp³-hybridized carbons (Fsp3) is 0.391. The van der Waals surface area contributed by atoms with E-state index >= 15 is 0 Å². The van der Waals surface area contributed by atoms with Crippen LogP contribution in [0.4, 0.5) is 0 Å². The van der Waals surface area contributed by atoms with Crippen LogP contribution < -0.4 is 11.0 Å². The molecule has 5 rings (SSSR count). The number of aromatic amines is 1. The van der Waals surface area contributed by atoms with Gasteiger partial charge in [0.15, 0.2) is 0 Å². The van der Waals surface area contributed by atoms with Gasteiger partial charge in [-0.15, -0.1) is 0 Å². The van der Waals surface area contributed by atoms with Crippen molar-refractivity contribution in [2.24, 2.45) is 17.8 Å². The number of hydrogen-bond acceptors (Lipinski definition) is 2. The Morgan fingerprint density at radius 2 is 1.86 bits per heavy atom. The van der Waals surface area contributed by atoms with Gasteiger partial charge >= 0.3 is 5.69 Å². The Morgan fingerprint density at radius 1 is 1.17 bits per heavy atom.